The van der Waals surface area contributed by atoms with Gasteiger partial charge in [0.2, 0.25) is 11.8 Å². The lowest BCUT2D eigenvalue weighted by Crippen LogP contribution is -2.30. The molecule has 0 aromatic carbocycles. The van der Waals surface area contributed by atoms with Crippen LogP contribution in [0.2, 0.25) is 0 Å². The highest BCUT2D eigenvalue weighted by atomic mass is 32.1. The zero-order valence-electron chi connectivity index (χ0n) is 7.19. The number of hydrogen-bond acceptors (Lipinski definition) is 4. The van der Waals surface area contributed by atoms with E-state index in [1.54, 1.807) is 0 Å². The molecule has 3 N–H and O–H groups in total. The average molecular weight is 222 g/mol. The number of amides is 2. The zero-order valence-corrected chi connectivity index (χ0v) is 8.98. The quantitative estimate of drug-likeness (QED) is 0.376. The van der Waals surface area contributed by atoms with E-state index in [0.29, 0.717) is 25.1 Å². The molecule has 4 nitrogen and oxygen atoms in total. The maximum absolute atomic E-state index is 11.1. The highest BCUT2D eigenvalue weighted by Crippen LogP contribution is 2.06. The van der Waals surface area contributed by atoms with Crippen molar-refractivity contribution in [3.63, 3.8) is 0 Å². The van der Waals surface area contributed by atoms with E-state index in [4.69, 9.17) is 5.73 Å². The van der Waals surface area contributed by atoms with Crippen LogP contribution in [0, 0.1) is 0 Å². The van der Waals surface area contributed by atoms with Crippen LogP contribution in [0.4, 0.5) is 0 Å². The number of carbonyl (C=O) groups is 2. The summed E-state index contributed by atoms with van der Waals surface area (Å²) >= 11 is 7.90. The average Bonchev–Trinajstić information content (AvgIpc) is 2.04. The van der Waals surface area contributed by atoms with E-state index < -0.39 is 0 Å². The molecule has 2 amide bonds. The number of hydrogen-bond donors (Lipinski definition) is 4. The highest BCUT2D eigenvalue weighted by Gasteiger charge is 2.12. The van der Waals surface area contributed by atoms with Crippen LogP contribution in [-0.2, 0) is 9.59 Å². The topological polar surface area (TPSA) is 72.2 Å². The molecule has 0 bridgehead atoms. The number of carbonyl (C=O) groups excluding carboxylic acids is 2. The Kier molecular flexibility index (Phi) is 6.89. The van der Waals surface area contributed by atoms with E-state index in [-0.39, 0.29) is 17.1 Å². The molecular weight excluding hydrogens is 208 g/mol. The van der Waals surface area contributed by atoms with Crippen molar-refractivity contribution in [1.29, 1.82) is 0 Å². The summed E-state index contributed by atoms with van der Waals surface area (Å²) in [5, 5.41) is 2.13. The molecule has 0 rings (SSSR count). The first-order chi connectivity index (χ1) is 6.07. The molecule has 0 spiro atoms. The van der Waals surface area contributed by atoms with Crippen molar-refractivity contribution in [1.82, 2.24) is 5.32 Å². The van der Waals surface area contributed by atoms with Crippen LogP contribution in [0.1, 0.15) is 19.3 Å². The minimum absolute atomic E-state index is 0.164. The van der Waals surface area contributed by atoms with Gasteiger partial charge in [-0.1, -0.05) is 0 Å². The lowest BCUT2D eigenvalue weighted by molar-refractivity contribution is -0.121. The summed E-state index contributed by atoms with van der Waals surface area (Å²) < 4.78 is 0. The minimum Gasteiger partial charge on any atom is -0.370 e. The van der Waals surface area contributed by atoms with Gasteiger partial charge in [-0.3, -0.25) is 9.59 Å². The number of thiol groups is 2. The van der Waals surface area contributed by atoms with E-state index in [0.717, 1.165) is 0 Å². The first-order valence-electron chi connectivity index (χ1n) is 3.93. The van der Waals surface area contributed by atoms with Crippen molar-refractivity contribution in [2.75, 3.05) is 5.88 Å². The molecule has 1 atom stereocenters. The Morgan fingerprint density at radius 3 is 2.54 bits per heavy atom. The summed E-state index contributed by atoms with van der Waals surface area (Å²) in [6.07, 6.45) is 1.43. The molecule has 6 heteroatoms. The number of primary amides is 1. The summed E-state index contributed by atoms with van der Waals surface area (Å²) in [6.45, 7) is 0. The molecule has 0 saturated carbocycles. The summed E-state index contributed by atoms with van der Waals surface area (Å²) in [5.74, 6) is -0.218. The van der Waals surface area contributed by atoms with Gasteiger partial charge in [0.1, 0.15) is 0 Å². The summed E-state index contributed by atoms with van der Waals surface area (Å²) in [5.41, 5.74) is 4.94. The van der Waals surface area contributed by atoms with Crippen LogP contribution < -0.4 is 11.1 Å². The van der Waals surface area contributed by atoms with Gasteiger partial charge in [-0.15, -0.1) is 0 Å². The molecule has 0 radical (unpaired) electrons. The highest BCUT2D eigenvalue weighted by molar-refractivity contribution is 7.81. The van der Waals surface area contributed by atoms with E-state index in [1.165, 1.54) is 0 Å². The van der Waals surface area contributed by atoms with Gasteiger partial charge in [0.05, 0.1) is 11.1 Å². The molecule has 0 aromatic rings. The fourth-order valence-electron chi connectivity index (χ4n) is 0.796. The third-order valence-corrected chi connectivity index (χ3v) is 2.11. The minimum atomic E-state index is -0.383. The predicted octanol–water partition coefficient (Wildman–Crippen LogP) is -0.0561. The molecule has 0 aliphatic heterocycles. The SMILES string of the molecule is NC(=O)CCCC(S)C(=O)NCS. The van der Waals surface area contributed by atoms with Crippen molar-refractivity contribution in [3.05, 3.63) is 0 Å². The fraction of sp³-hybridized carbons (Fsp3) is 0.714. The number of rotatable bonds is 6. The summed E-state index contributed by atoms with van der Waals surface area (Å²) in [7, 11) is 0. The molecule has 0 fully saturated rings. The first kappa shape index (κ1) is 12.6. The van der Waals surface area contributed by atoms with Gasteiger partial charge in [0.25, 0.3) is 0 Å². The van der Waals surface area contributed by atoms with Crippen LogP contribution in [0.15, 0.2) is 0 Å². The maximum Gasteiger partial charge on any atom is 0.233 e. The van der Waals surface area contributed by atoms with Crippen molar-refractivity contribution >= 4 is 37.1 Å². The lowest BCUT2D eigenvalue weighted by Gasteiger charge is -2.08. The van der Waals surface area contributed by atoms with Crippen LogP contribution in [0.5, 0.6) is 0 Å². The number of nitrogens with one attached hydrogen (secondary N) is 1. The Balaban J connectivity index is 3.55. The maximum atomic E-state index is 11.1. The van der Waals surface area contributed by atoms with E-state index >= 15 is 0 Å². The van der Waals surface area contributed by atoms with Gasteiger partial charge in [-0.05, 0) is 12.8 Å². The first-order valence-corrected chi connectivity index (χ1v) is 5.07. The molecule has 0 saturated heterocycles. The Morgan fingerprint density at radius 1 is 1.46 bits per heavy atom. The standard InChI is InChI=1S/C7H14N2O2S2/c8-6(10)3-1-2-5(13)7(11)9-4-12/h5,12-13H,1-4H2,(H2,8,10)(H,9,11). The normalized spacial score (nSPS) is 12.2. The largest absolute Gasteiger partial charge is 0.370 e. The Hall–Kier alpha value is -0.360. The smallest absolute Gasteiger partial charge is 0.233 e. The number of nitrogens with two attached hydrogens (primary N) is 1. The Morgan fingerprint density at radius 2 is 2.08 bits per heavy atom. The predicted molar refractivity (Wildman–Crippen MR) is 57.8 cm³/mol. The molecule has 0 aliphatic carbocycles. The van der Waals surface area contributed by atoms with Gasteiger partial charge < -0.3 is 11.1 Å². The van der Waals surface area contributed by atoms with Gasteiger partial charge in [-0.2, -0.15) is 25.3 Å². The van der Waals surface area contributed by atoms with Crippen molar-refractivity contribution in [2.45, 2.75) is 24.5 Å². The summed E-state index contributed by atoms with van der Waals surface area (Å²) in [4.78, 5) is 21.4. The molecule has 1 unspecified atom stereocenters. The third-order valence-electron chi connectivity index (χ3n) is 1.46. The second-order valence-electron chi connectivity index (χ2n) is 2.57. The fourth-order valence-corrected chi connectivity index (χ4v) is 1.23. The van der Waals surface area contributed by atoms with Gasteiger partial charge in [0, 0.05) is 6.42 Å². The second-order valence-corrected chi connectivity index (χ2v) is 3.51. The van der Waals surface area contributed by atoms with Crippen LogP contribution in [-0.4, -0.2) is 22.9 Å². The molecule has 0 aromatic heterocycles. The third kappa shape index (κ3) is 6.77. The Bertz CT molecular complexity index is 187. The van der Waals surface area contributed by atoms with Gasteiger partial charge in [-0.25, -0.2) is 0 Å². The molecule has 76 valence electrons. The van der Waals surface area contributed by atoms with Crippen molar-refractivity contribution in [3.8, 4) is 0 Å². The molecule has 0 heterocycles. The van der Waals surface area contributed by atoms with E-state index in [1.807, 2.05) is 0 Å². The van der Waals surface area contributed by atoms with Crippen molar-refractivity contribution < 1.29 is 9.59 Å². The van der Waals surface area contributed by atoms with Crippen molar-refractivity contribution in [2.24, 2.45) is 5.73 Å². The van der Waals surface area contributed by atoms with E-state index in [9.17, 15) is 9.59 Å². The molecule has 13 heavy (non-hydrogen) atoms. The molecular formula is C7H14N2O2S2. The molecule has 0 aliphatic rings. The van der Waals surface area contributed by atoms with E-state index in [2.05, 4.69) is 30.6 Å². The Labute approximate surface area is 88.5 Å². The van der Waals surface area contributed by atoms with Crippen LogP contribution in [0.3, 0.4) is 0 Å². The van der Waals surface area contributed by atoms with Crippen LogP contribution >= 0.6 is 25.3 Å². The second kappa shape index (κ2) is 7.08. The zero-order chi connectivity index (χ0) is 10.3. The van der Waals surface area contributed by atoms with Gasteiger partial charge in [0.15, 0.2) is 0 Å². The lowest BCUT2D eigenvalue weighted by atomic mass is 10.2. The monoisotopic (exact) mass is 222 g/mol. The van der Waals surface area contributed by atoms with Crippen LogP contribution in [0.25, 0.3) is 0 Å². The summed E-state index contributed by atoms with van der Waals surface area (Å²) in [6, 6.07) is 0. The van der Waals surface area contributed by atoms with Gasteiger partial charge >= 0.3 is 0 Å².